The predicted octanol–water partition coefficient (Wildman–Crippen LogP) is 3.88. The van der Waals surface area contributed by atoms with Crippen LogP contribution in [0, 0.1) is 36.0 Å². The summed E-state index contributed by atoms with van der Waals surface area (Å²) in [4.78, 5) is 29.7. The Morgan fingerprint density at radius 2 is 1.82 bits per heavy atom. The number of aliphatic imine (C=N–C) groups is 1. The first-order chi connectivity index (χ1) is 15.9. The monoisotopic (exact) mass is 444 g/mol. The molecule has 4 saturated carbocycles. The predicted molar refractivity (Wildman–Crippen MR) is 124 cm³/mol. The van der Waals surface area contributed by atoms with Crippen LogP contribution < -0.4 is 10.9 Å². The molecular weight excluding hydrogens is 416 g/mol. The lowest BCUT2D eigenvalue weighted by Gasteiger charge is -2.56. The normalized spacial score (nSPS) is 27.6. The fourth-order valence-electron chi connectivity index (χ4n) is 6.68. The summed E-state index contributed by atoms with van der Waals surface area (Å²) in [5, 5.41) is 23.6. The van der Waals surface area contributed by atoms with Gasteiger partial charge in [0.1, 0.15) is 11.6 Å². The second kappa shape index (κ2) is 8.18. The molecule has 6 rings (SSSR count). The van der Waals surface area contributed by atoms with Gasteiger partial charge in [-0.05, 0) is 74.3 Å². The van der Waals surface area contributed by atoms with Crippen LogP contribution in [0.15, 0.2) is 40.1 Å². The number of nitriles is 1. The van der Waals surface area contributed by atoms with Crippen LogP contribution in [0.3, 0.4) is 0 Å². The number of urea groups is 1. The van der Waals surface area contributed by atoms with Crippen molar-refractivity contribution in [1.82, 2.24) is 9.88 Å². The molecule has 0 unspecified atom stereocenters. The van der Waals surface area contributed by atoms with E-state index >= 15 is 0 Å². The summed E-state index contributed by atoms with van der Waals surface area (Å²) < 4.78 is 1.15. The zero-order valence-corrected chi connectivity index (χ0v) is 18.8. The van der Waals surface area contributed by atoms with Crippen molar-refractivity contribution in [1.29, 1.82) is 5.26 Å². The molecule has 7 heteroatoms. The summed E-state index contributed by atoms with van der Waals surface area (Å²) >= 11 is 0. The van der Waals surface area contributed by atoms with Gasteiger partial charge in [0, 0.05) is 11.8 Å². The lowest BCUT2D eigenvalue weighted by atomic mass is 9.53. The highest BCUT2D eigenvalue weighted by Crippen LogP contribution is 2.55. The van der Waals surface area contributed by atoms with E-state index in [0.29, 0.717) is 23.3 Å². The molecule has 4 aliphatic rings. The van der Waals surface area contributed by atoms with Gasteiger partial charge in [0.15, 0.2) is 0 Å². The topological polar surface area (TPSA) is 107 Å². The van der Waals surface area contributed by atoms with E-state index in [1.54, 1.807) is 6.92 Å². The molecule has 4 fully saturated rings. The third-order valence-corrected chi connectivity index (χ3v) is 7.75. The van der Waals surface area contributed by atoms with E-state index in [1.807, 2.05) is 36.4 Å². The number of amides is 2. The molecule has 0 radical (unpaired) electrons. The van der Waals surface area contributed by atoms with Crippen LogP contribution in [0.25, 0.3) is 0 Å². The Balaban J connectivity index is 1.42. The number of pyridine rings is 1. The van der Waals surface area contributed by atoms with E-state index < -0.39 is 11.6 Å². The molecule has 4 bridgehead atoms. The highest BCUT2D eigenvalue weighted by molar-refractivity contribution is 5.94. The average molecular weight is 445 g/mol. The molecule has 2 aromatic rings. The van der Waals surface area contributed by atoms with Gasteiger partial charge in [0.25, 0.3) is 5.56 Å². The number of hydrogen-bond donors (Lipinski definition) is 2. The highest BCUT2D eigenvalue weighted by Gasteiger charge is 2.51. The Morgan fingerprint density at radius 3 is 2.39 bits per heavy atom. The van der Waals surface area contributed by atoms with Gasteiger partial charge in [-0.1, -0.05) is 30.3 Å². The van der Waals surface area contributed by atoms with Gasteiger partial charge in [-0.25, -0.2) is 9.79 Å². The summed E-state index contributed by atoms with van der Waals surface area (Å²) in [6.45, 7) is 1.70. The van der Waals surface area contributed by atoms with E-state index in [4.69, 9.17) is 0 Å². The van der Waals surface area contributed by atoms with Crippen LogP contribution >= 0.6 is 0 Å². The second-order valence-corrected chi connectivity index (χ2v) is 10.1. The Morgan fingerprint density at radius 1 is 1.21 bits per heavy atom. The molecule has 0 aliphatic heterocycles. The van der Waals surface area contributed by atoms with Gasteiger partial charge in [-0.3, -0.25) is 9.36 Å². The molecule has 1 aromatic heterocycles. The molecule has 7 nitrogen and oxygen atoms in total. The fraction of sp³-hybridized carbons (Fsp3) is 0.462. The zero-order valence-electron chi connectivity index (χ0n) is 18.8. The van der Waals surface area contributed by atoms with Crippen molar-refractivity contribution < 1.29 is 9.90 Å². The lowest BCUT2D eigenvalue weighted by molar-refractivity contribution is -0.0129. The van der Waals surface area contributed by atoms with Crippen molar-refractivity contribution in [2.45, 2.75) is 57.5 Å². The molecule has 1 aromatic carbocycles. The molecule has 2 amide bonds. The number of aromatic nitrogens is 1. The first kappa shape index (κ1) is 21.4. The van der Waals surface area contributed by atoms with Crippen LogP contribution in [0.1, 0.15) is 60.8 Å². The number of nitrogens with zero attached hydrogens (tertiary/aromatic N) is 3. The SMILES string of the molecule is Cc1c(C=NC(=O)NC23CC4CC(CC(C4)C2)C3)c(O)n(Cc2ccccc2)c(=O)c1C#N. The number of carbonyl (C=O) groups is 1. The van der Waals surface area contributed by atoms with Gasteiger partial charge in [0.05, 0.1) is 12.1 Å². The quantitative estimate of drug-likeness (QED) is 0.698. The highest BCUT2D eigenvalue weighted by atomic mass is 16.3. The lowest BCUT2D eigenvalue weighted by Crippen LogP contribution is -2.59. The minimum atomic E-state index is -0.563. The third-order valence-electron chi connectivity index (χ3n) is 7.75. The largest absolute Gasteiger partial charge is 0.494 e. The number of nitrogens with one attached hydrogen (secondary N) is 1. The van der Waals surface area contributed by atoms with Crippen LogP contribution in [-0.4, -0.2) is 27.5 Å². The maximum absolute atomic E-state index is 12.8. The number of rotatable bonds is 4. The third kappa shape index (κ3) is 3.95. The first-order valence-corrected chi connectivity index (χ1v) is 11.6. The van der Waals surface area contributed by atoms with E-state index in [1.165, 1.54) is 25.5 Å². The smallest absolute Gasteiger partial charge is 0.341 e. The summed E-state index contributed by atoms with van der Waals surface area (Å²) in [6, 6.07) is 10.7. The average Bonchev–Trinajstić information content (AvgIpc) is 2.76. The van der Waals surface area contributed by atoms with Crippen molar-refractivity contribution in [2.75, 3.05) is 0 Å². The van der Waals surface area contributed by atoms with Crippen LogP contribution in [-0.2, 0) is 6.54 Å². The van der Waals surface area contributed by atoms with E-state index in [0.717, 1.165) is 29.4 Å². The van der Waals surface area contributed by atoms with Gasteiger partial charge < -0.3 is 10.4 Å². The van der Waals surface area contributed by atoms with Gasteiger partial charge in [-0.2, -0.15) is 5.26 Å². The van der Waals surface area contributed by atoms with Crippen molar-refractivity contribution in [3.8, 4) is 11.9 Å². The van der Waals surface area contributed by atoms with E-state index in [-0.39, 0.29) is 29.1 Å². The Labute approximate surface area is 192 Å². The molecule has 4 aliphatic carbocycles. The van der Waals surface area contributed by atoms with Crippen LogP contribution in [0.5, 0.6) is 5.88 Å². The zero-order chi connectivity index (χ0) is 23.2. The minimum absolute atomic E-state index is 0.0633. The van der Waals surface area contributed by atoms with Crippen molar-refractivity contribution in [3.63, 3.8) is 0 Å². The van der Waals surface area contributed by atoms with Crippen molar-refractivity contribution >= 4 is 12.2 Å². The van der Waals surface area contributed by atoms with Crippen molar-refractivity contribution in [2.24, 2.45) is 22.7 Å². The molecular formula is C26H28N4O3. The molecule has 0 spiro atoms. The summed E-state index contributed by atoms with van der Waals surface area (Å²) in [6.07, 6.45) is 8.19. The number of aromatic hydroxyl groups is 1. The maximum Gasteiger partial charge on any atom is 0.341 e. The van der Waals surface area contributed by atoms with Gasteiger partial charge in [-0.15, -0.1) is 0 Å². The molecule has 0 atom stereocenters. The standard InChI is InChI=1S/C26H28N4O3/c1-16-21(13-27)23(31)30(15-17-5-3-2-4-6-17)24(32)22(16)14-28-25(33)29-26-10-18-7-19(11-26)9-20(8-18)12-26/h2-6,14,18-20,32H,7-12,15H2,1H3,(H,29,33). The molecule has 2 N–H and O–H groups in total. The van der Waals surface area contributed by atoms with Crippen LogP contribution in [0.4, 0.5) is 4.79 Å². The Hall–Kier alpha value is -3.40. The van der Waals surface area contributed by atoms with E-state index in [2.05, 4.69) is 10.3 Å². The van der Waals surface area contributed by atoms with Gasteiger partial charge in [0.2, 0.25) is 5.88 Å². The minimum Gasteiger partial charge on any atom is -0.494 e. The summed E-state index contributed by atoms with van der Waals surface area (Å²) in [5.74, 6) is 1.80. The molecule has 33 heavy (non-hydrogen) atoms. The maximum atomic E-state index is 12.8. The fourth-order valence-corrected chi connectivity index (χ4v) is 6.68. The molecule has 0 saturated heterocycles. The molecule has 1 heterocycles. The number of benzene rings is 1. The van der Waals surface area contributed by atoms with Gasteiger partial charge >= 0.3 is 6.03 Å². The second-order valence-electron chi connectivity index (χ2n) is 10.1. The molecule has 170 valence electrons. The van der Waals surface area contributed by atoms with E-state index in [9.17, 15) is 20.0 Å². The Kier molecular flexibility index (Phi) is 5.32. The summed E-state index contributed by atoms with van der Waals surface area (Å²) in [7, 11) is 0. The van der Waals surface area contributed by atoms with Crippen LogP contribution in [0.2, 0.25) is 0 Å². The summed E-state index contributed by atoms with van der Waals surface area (Å²) in [5.41, 5.74) is 0.547. The first-order valence-electron chi connectivity index (χ1n) is 11.6. The number of hydrogen-bond acceptors (Lipinski definition) is 4. The van der Waals surface area contributed by atoms with Crippen molar-refractivity contribution in [3.05, 3.63) is 62.9 Å². The Bertz CT molecular complexity index is 1190. The number of carbonyl (C=O) groups excluding carboxylic acids is 1.